The molecule has 0 bridgehead atoms. The third kappa shape index (κ3) is 1.99. The molecule has 0 saturated carbocycles. The number of aromatic hydroxyl groups is 1. The van der Waals surface area contributed by atoms with E-state index in [9.17, 15) is 9.90 Å². The monoisotopic (exact) mass is 230 g/mol. The molecule has 0 radical (unpaired) electrons. The van der Waals surface area contributed by atoms with Crippen molar-refractivity contribution in [1.82, 2.24) is 0 Å². The van der Waals surface area contributed by atoms with E-state index < -0.39 is 0 Å². The van der Waals surface area contributed by atoms with Gasteiger partial charge in [0.2, 0.25) is 5.75 Å². The average Bonchev–Trinajstić information content (AvgIpc) is 2.18. The Bertz CT molecular complexity index is 401. The fourth-order valence-electron chi connectivity index (χ4n) is 1.20. The molecular weight excluding hydrogens is 220 g/mol. The summed E-state index contributed by atoms with van der Waals surface area (Å²) in [6.45, 7) is 1.37. The zero-order valence-corrected chi connectivity index (χ0v) is 9.38. The van der Waals surface area contributed by atoms with Crippen LogP contribution < -0.4 is 9.47 Å². The summed E-state index contributed by atoms with van der Waals surface area (Å²) in [5.74, 6) is -0.241. The quantitative estimate of drug-likeness (QED) is 0.810. The molecule has 1 rings (SSSR count). The van der Waals surface area contributed by atoms with Crippen LogP contribution in [-0.2, 0) is 0 Å². The number of benzene rings is 1. The molecular formula is C10H11ClO4. The Morgan fingerprint density at radius 3 is 2.40 bits per heavy atom. The third-order valence-corrected chi connectivity index (χ3v) is 2.34. The molecule has 1 aromatic rings. The van der Waals surface area contributed by atoms with E-state index in [1.54, 1.807) is 0 Å². The van der Waals surface area contributed by atoms with E-state index >= 15 is 0 Å². The van der Waals surface area contributed by atoms with Gasteiger partial charge >= 0.3 is 0 Å². The number of ether oxygens (including phenoxy) is 2. The lowest BCUT2D eigenvalue weighted by molar-refractivity contribution is 0.101. The van der Waals surface area contributed by atoms with Gasteiger partial charge in [0, 0.05) is 5.56 Å². The van der Waals surface area contributed by atoms with Crippen LogP contribution in [0.5, 0.6) is 17.2 Å². The third-order valence-electron chi connectivity index (χ3n) is 1.96. The van der Waals surface area contributed by atoms with Crippen LogP contribution in [0.4, 0.5) is 0 Å². The van der Waals surface area contributed by atoms with E-state index in [2.05, 4.69) is 0 Å². The molecule has 4 nitrogen and oxygen atoms in total. The second kappa shape index (κ2) is 4.40. The number of carbonyl (C=O) groups is 1. The number of carbonyl (C=O) groups excluding carboxylic acids is 1. The number of phenols is 1. The van der Waals surface area contributed by atoms with E-state index in [1.165, 1.54) is 27.2 Å². The van der Waals surface area contributed by atoms with Crippen molar-refractivity contribution >= 4 is 17.4 Å². The van der Waals surface area contributed by atoms with Crippen molar-refractivity contribution in [2.45, 2.75) is 6.92 Å². The molecule has 1 N–H and O–H groups in total. The standard InChI is InChI=1S/C10H11ClO4/c1-5(12)6-4-7(14-2)9(13)10(15-3)8(6)11/h4,13H,1-3H3. The number of hydrogen-bond acceptors (Lipinski definition) is 4. The van der Waals surface area contributed by atoms with Crippen LogP contribution in [0.25, 0.3) is 0 Å². The summed E-state index contributed by atoms with van der Waals surface area (Å²) in [6, 6.07) is 1.38. The Balaban J connectivity index is 3.51. The number of ketones is 1. The summed E-state index contributed by atoms with van der Waals surface area (Å²) in [5.41, 5.74) is 0.253. The molecule has 0 heterocycles. The van der Waals surface area contributed by atoms with Crippen molar-refractivity contribution in [2.24, 2.45) is 0 Å². The lowest BCUT2D eigenvalue weighted by Gasteiger charge is -2.12. The van der Waals surface area contributed by atoms with E-state index in [0.717, 1.165) is 0 Å². The van der Waals surface area contributed by atoms with Crippen LogP contribution in [0, 0.1) is 0 Å². The fraction of sp³-hybridized carbons (Fsp3) is 0.300. The molecule has 1 aromatic carbocycles. The molecule has 15 heavy (non-hydrogen) atoms. The summed E-state index contributed by atoms with van der Waals surface area (Å²) in [4.78, 5) is 11.2. The van der Waals surface area contributed by atoms with Crippen LogP contribution in [0.3, 0.4) is 0 Å². The molecule has 0 aliphatic carbocycles. The molecule has 0 unspecified atom stereocenters. The predicted molar refractivity (Wildman–Crippen MR) is 56.2 cm³/mol. The lowest BCUT2D eigenvalue weighted by atomic mass is 10.1. The van der Waals surface area contributed by atoms with Gasteiger partial charge in [-0.15, -0.1) is 0 Å². The van der Waals surface area contributed by atoms with Gasteiger partial charge < -0.3 is 14.6 Å². The van der Waals surface area contributed by atoms with Gasteiger partial charge in [0.25, 0.3) is 0 Å². The van der Waals surface area contributed by atoms with Gasteiger partial charge in [-0.05, 0) is 13.0 Å². The summed E-state index contributed by atoms with van der Waals surface area (Å²) in [6.07, 6.45) is 0. The number of methoxy groups -OCH3 is 2. The first-order chi connectivity index (χ1) is 7.02. The SMILES string of the molecule is COc1cc(C(C)=O)c(Cl)c(OC)c1O. The molecule has 0 fully saturated rings. The maximum atomic E-state index is 11.2. The van der Waals surface area contributed by atoms with Crippen molar-refractivity contribution < 1.29 is 19.4 Å². The highest BCUT2D eigenvalue weighted by atomic mass is 35.5. The molecule has 0 atom stereocenters. The van der Waals surface area contributed by atoms with Gasteiger partial charge in [-0.25, -0.2) is 0 Å². The summed E-state index contributed by atoms with van der Waals surface area (Å²) < 4.78 is 9.79. The van der Waals surface area contributed by atoms with Gasteiger partial charge in [-0.1, -0.05) is 11.6 Å². The smallest absolute Gasteiger partial charge is 0.202 e. The Labute approximate surface area is 92.4 Å². The topological polar surface area (TPSA) is 55.8 Å². The summed E-state index contributed by atoms with van der Waals surface area (Å²) in [5, 5.41) is 9.72. The Hall–Kier alpha value is -1.42. The van der Waals surface area contributed by atoms with E-state index in [0.29, 0.717) is 0 Å². The molecule has 0 spiro atoms. The molecule has 0 aliphatic rings. The minimum absolute atomic E-state index is 0.0428. The second-order valence-electron chi connectivity index (χ2n) is 2.88. The number of hydrogen-bond donors (Lipinski definition) is 1. The molecule has 0 aliphatic heterocycles. The van der Waals surface area contributed by atoms with Gasteiger partial charge in [-0.3, -0.25) is 4.79 Å². The van der Waals surface area contributed by atoms with Gasteiger partial charge in [0.15, 0.2) is 17.3 Å². The maximum absolute atomic E-state index is 11.2. The zero-order valence-electron chi connectivity index (χ0n) is 8.63. The van der Waals surface area contributed by atoms with Crippen molar-refractivity contribution in [3.63, 3.8) is 0 Å². The molecule has 0 amide bonds. The van der Waals surface area contributed by atoms with Gasteiger partial charge in [0.1, 0.15) is 0 Å². The minimum atomic E-state index is -0.225. The Kier molecular flexibility index (Phi) is 3.42. The normalized spacial score (nSPS) is 9.87. The number of phenolic OH excluding ortho intramolecular Hbond substituents is 1. The first-order valence-corrected chi connectivity index (χ1v) is 4.55. The zero-order chi connectivity index (χ0) is 11.6. The lowest BCUT2D eigenvalue weighted by Crippen LogP contribution is -1.98. The van der Waals surface area contributed by atoms with Crippen molar-refractivity contribution in [2.75, 3.05) is 14.2 Å². The largest absolute Gasteiger partial charge is 0.502 e. The highest BCUT2D eigenvalue weighted by Gasteiger charge is 2.19. The number of halogens is 1. The van der Waals surface area contributed by atoms with Crippen LogP contribution in [0.2, 0.25) is 5.02 Å². The summed E-state index contributed by atoms with van der Waals surface area (Å²) in [7, 11) is 2.73. The number of Topliss-reactive ketones (excluding diaryl/α,β-unsaturated/α-hetero) is 1. The predicted octanol–water partition coefficient (Wildman–Crippen LogP) is 2.27. The highest BCUT2D eigenvalue weighted by molar-refractivity contribution is 6.35. The van der Waals surface area contributed by atoms with E-state index in [1.807, 2.05) is 0 Å². The first-order valence-electron chi connectivity index (χ1n) is 4.17. The van der Waals surface area contributed by atoms with E-state index in [4.69, 9.17) is 21.1 Å². The number of rotatable bonds is 3. The minimum Gasteiger partial charge on any atom is -0.502 e. The van der Waals surface area contributed by atoms with Crippen LogP contribution in [0.1, 0.15) is 17.3 Å². The molecule has 82 valence electrons. The maximum Gasteiger partial charge on any atom is 0.202 e. The Morgan fingerprint density at radius 2 is 2.00 bits per heavy atom. The molecule has 0 aromatic heterocycles. The van der Waals surface area contributed by atoms with Crippen LogP contribution >= 0.6 is 11.6 Å². The first kappa shape index (κ1) is 11.7. The Morgan fingerprint density at radius 1 is 1.40 bits per heavy atom. The average molecular weight is 231 g/mol. The summed E-state index contributed by atoms with van der Waals surface area (Å²) >= 11 is 5.88. The highest BCUT2D eigenvalue weighted by Crippen LogP contribution is 2.43. The van der Waals surface area contributed by atoms with Gasteiger partial charge in [0.05, 0.1) is 19.2 Å². The molecule has 5 heteroatoms. The van der Waals surface area contributed by atoms with E-state index in [-0.39, 0.29) is 33.6 Å². The second-order valence-corrected chi connectivity index (χ2v) is 3.26. The van der Waals surface area contributed by atoms with Crippen molar-refractivity contribution in [3.8, 4) is 17.2 Å². The molecule has 0 saturated heterocycles. The van der Waals surface area contributed by atoms with Crippen molar-refractivity contribution in [3.05, 3.63) is 16.7 Å². The van der Waals surface area contributed by atoms with Crippen LogP contribution in [-0.4, -0.2) is 25.1 Å². The van der Waals surface area contributed by atoms with Crippen LogP contribution in [0.15, 0.2) is 6.07 Å². The van der Waals surface area contributed by atoms with Crippen molar-refractivity contribution in [1.29, 1.82) is 0 Å². The fourth-order valence-corrected chi connectivity index (χ4v) is 1.55. The van der Waals surface area contributed by atoms with Gasteiger partial charge in [-0.2, -0.15) is 0 Å².